The summed E-state index contributed by atoms with van der Waals surface area (Å²) >= 11 is 1.09. The van der Waals surface area contributed by atoms with Crippen LogP contribution in [-0.4, -0.2) is 31.2 Å². The minimum atomic E-state index is -0.342. The lowest BCUT2D eigenvalue weighted by atomic mass is 10.3. The van der Waals surface area contributed by atoms with Gasteiger partial charge in [-0.05, 0) is 32.0 Å². The second-order valence-corrected chi connectivity index (χ2v) is 7.46. The standard InChI is InChI=1S/C20H19N5O4S/c1-12-17(19(27)25(24(12)3)14-7-5-4-6-8-14)21-16(26)11-30-20-23-22-18(29-20)15-9-10-28-13(15)2/h4-10H,11H2,1-3H3,(H,21,26). The smallest absolute Gasteiger partial charge is 0.295 e. The van der Waals surface area contributed by atoms with Gasteiger partial charge in [0.25, 0.3) is 16.7 Å². The average Bonchev–Trinajstić information content (AvgIpc) is 3.43. The van der Waals surface area contributed by atoms with Gasteiger partial charge in [-0.2, -0.15) is 0 Å². The first kappa shape index (κ1) is 19.8. The first-order chi connectivity index (χ1) is 14.5. The van der Waals surface area contributed by atoms with Gasteiger partial charge in [0.1, 0.15) is 11.4 Å². The van der Waals surface area contributed by atoms with Crippen LogP contribution in [0, 0.1) is 13.8 Å². The lowest BCUT2D eigenvalue weighted by Crippen LogP contribution is -2.23. The lowest BCUT2D eigenvalue weighted by molar-refractivity contribution is -0.113. The Labute approximate surface area is 175 Å². The molecule has 0 aliphatic rings. The van der Waals surface area contributed by atoms with Gasteiger partial charge in [0.2, 0.25) is 5.91 Å². The second kappa shape index (κ2) is 8.07. The number of para-hydroxylation sites is 1. The van der Waals surface area contributed by atoms with Gasteiger partial charge in [-0.15, -0.1) is 10.2 Å². The van der Waals surface area contributed by atoms with Crippen molar-refractivity contribution in [2.24, 2.45) is 7.05 Å². The number of anilines is 1. The molecule has 9 nitrogen and oxygen atoms in total. The molecule has 0 saturated heterocycles. The topological polar surface area (TPSA) is 108 Å². The van der Waals surface area contributed by atoms with Crippen molar-refractivity contribution in [2.45, 2.75) is 19.1 Å². The van der Waals surface area contributed by atoms with Crippen molar-refractivity contribution in [3.8, 4) is 17.1 Å². The fourth-order valence-corrected chi connectivity index (χ4v) is 3.56. The monoisotopic (exact) mass is 425 g/mol. The number of aryl methyl sites for hydroxylation is 1. The Morgan fingerprint density at radius 1 is 1.17 bits per heavy atom. The number of furan rings is 1. The van der Waals surface area contributed by atoms with Crippen molar-refractivity contribution in [1.82, 2.24) is 19.6 Å². The van der Waals surface area contributed by atoms with Gasteiger partial charge >= 0.3 is 0 Å². The van der Waals surface area contributed by atoms with Crippen LogP contribution in [0.3, 0.4) is 0 Å². The van der Waals surface area contributed by atoms with Gasteiger partial charge in [0.15, 0.2) is 0 Å². The molecule has 1 N–H and O–H groups in total. The Hall–Kier alpha value is -3.53. The number of hydrogen-bond acceptors (Lipinski definition) is 7. The molecule has 4 aromatic rings. The Kier molecular flexibility index (Phi) is 5.32. The Bertz CT molecular complexity index is 1250. The molecule has 0 spiro atoms. The molecule has 10 heteroatoms. The summed E-state index contributed by atoms with van der Waals surface area (Å²) in [7, 11) is 1.77. The molecule has 30 heavy (non-hydrogen) atoms. The van der Waals surface area contributed by atoms with Crippen molar-refractivity contribution in [3.63, 3.8) is 0 Å². The van der Waals surface area contributed by atoms with Crippen molar-refractivity contribution >= 4 is 23.4 Å². The third kappa shape index (κ3) is 3.69. The molecule has 154 valence electrons. The summed E-state index contributed by atoms with van der Waals surface area (Å²) in [5.41, 5.74) is 2.02. The number of hydrogen-bond donors (Lipinski definition) is 1. The summed E-state index contributed by atoms with van der Waals surface area (Å²) in [6, 6.07) is 11.0. The fourth-order valence-electron chi connectivity index (χ4n) is 3.00. The van der Waals surface area contributed by atoms with E-state index in [4.69, 9.17) is 8.83 Å². The quantitative estimate of drug-likeness (QED) is 0.473. The number of rotatable bonds is 6. The molecule has 3 aromatic heterocycles. The van der Waals surface area contributed by atoms with Crippen LogP contribution in [0.5, 0.6) is 0 Å². The van der Waals surface area contributed by atoms with Crippen LogP contribution in [0.25, 0.3) is 17.1 Å². The predicted octanol–water partition coefficient (Wildman–Crippen LogP) is 3.17. The molecular formula is C20H19N5O4S. The van der Waals surface area contributed by atoms with Crippen LogP contribution in [0.1, 0.15) is 11.5 Å². The molecule has 1 amide bonds. The highest BCUT2D eigenvalue weighted by atomic mass is 32.2. The highest BCUT2D eigenvalue weighted by Crippen LogP contribution is 2.26. The highest BCUT2D eigenvalue weighted by Gasteiger charge is 2.19. The first-order valence-electron chi connectivity index (χ1n) is 9.10. The Morgan fingerprint density at radius 3 is 2.63 bits per heavy atom. The molecule has 0 bridgehead atoms. The van der Waals surface area contributed by atoms with E-state index in [1.807, 2.05) is 30.3 Å². The van der Waals surface area contributed by atoms with Crippen molar-refractivity contribution in [2.75, 3.05) is 11.1 Å². The van der Waals surface area contributed by atoms with Gasteiger partial charge in [-0.1, -0.05) is 30.0 Å². The van der Waals surface area contributed by atoms with Crippen LogP contribution in [-0.2, 0) is 11.8 Å². The van der Waals surface area contributed by atoms with E-state index >= 15 is 0 Å². The number of thioether (sulfide) groups is 1. The van der Waals surface area contributed by atoms with E-state index in [0.29, 0.717) is 22.9 Å². The summed E-state index contributed by atoms with van der Waals surface area (Å²) in [6.07, 6.45) is 1.54. The minimum absolute atomic E-state index is 0.0190. The molecule has 3 heterocycles. The summed E-state index contributed by atoms with van der Waals surface area (Å²) in [5.74, 6) is 0.673. The van der Waals surface area contributed by atoms with Crippen molar-refractivity contribution in [1.29, 1.82) is 0 Å². The molecule has 0 radical (unpaired) electrons. The predicted molar refractivity (Wildman–Crippen MR) is 112 cm³/mol. The molecular weight excluding hydrogens is 406 g/mol. The second-order valence-electron chi connectivity index (χ2n) is 6.54. The number of nitrogens with zero attached hydrogens (tertiary/aromatic N) is 4. The first-order valence-corrected chi connectivity index (χ1v) is 10.1. The van der Waals surface area contributed by atoms with E-state index < -0.39 is 0 Å². The maximum atomic E-state index is 12.9. The Morgan fingerprint density at radius 2 is 1.93 bits per heavy atom. The van der Waals surface area contributed by atoms with E-state index in [1.165, 1.54) is 4.68 Å². The maximum absolute atomic E-state index is 12.9. The number of aromatic nitrogens is 4. The number of carbonyl (C=O) groups excluding carboxylic acids is 1. The summed E-state index contributed by atoms with van der Waals surface area (Å²) in [5, 5.41) is 10.9. The lowest BCUT2D eigenvalue weighted by Gasteiger charge is -2.07. The molecule has 0 unspecified atom stereocenters. The zero-order chi connectivity index (χ0) is 21.3. The number of amides is 1. The van der Waals surface area contributed by atoms with Gasteiger partial charge < -0.3 is 14.2 Å². The number of nitrogens with one attached hydrogen (secondary N) is 1. The third-order valence-corrected chi connectivity index (χ3v) is 5.46. The summed E-state index contributed by atoms with van der Waals surface area (Å²) < 4.78 is 14.0. The number of benzene rings is 1. The number of carbonyl (C=O) groups is 1. The minimum Gasteiger partial charge on any atom is -0.469 e. The maximum Gasteiger partial charge on any atom is 0.295 e. The van der Waals surface area contributed by atoms with E-state index in [0.717, 1.165) is 17.4 Å². The zero-order valence-corrected chi connectivity index (χ0v) is 17.4. The van der Waals surface area contributed by atoms with Crippen LogP contribution in [0.4, 0.5) is 5.69 Å². The van der Waals surface area contributed by atoms with E-state index in [-0.39, 0.29) is 28.1 Å². The van der Waals surface area contributed by atoms with Crippen LogP contribution in [0.2, 0.25) is 0 Å². The van der Waals surface area contributed by atoms with Gasteiger partial charge in [-0.3, -0.25) is 14.3 Å². The van der Waals surface area contributed by atoms with Crippen molar-refractivity contribution in [3.05, 3.63) is 64.5 Å². The van der Waals surface area contributed by atoms with Crippen LogP contribution < -0.4 is 10.9 Å². The van der Waals surface area contributed by atoms with E-state index in [2.05, 4.69) is 15.5 Å². The molecule has 1 aromatic carbocycles. The summed E-state index contributed by atoms with van der Waals surface area (Å²) in [4.78, 5) is 25.3. The third-order valence-electron chi connectivity index (χ3n) is 4.64. The Balaban J connectivity index is 1.46. The van der Waals surface area contributed by atoms with Gasteiger partial charge in [0, 0.05) is 7.05 Å². The molecule has 0 fully saturated rings. The molecule has 4 rings (SSSR count). The van der Waals surface area contributed by atoms with Gasteiger partial charge in [-0.25, -0.2) is 4.68 Å². The summed E-state index contributed by atoms with van der Waals surface area (Å²) in [6.45, 7) is 3.57. The largest absolute Gasteiger partial charge is 0.469 e. The molecule has 0 saturated carbocycles. The van der Waals surface area contributed by atoms with Crippen LogP contribution in [0.15, 0.2) is 61.5 Å². The average molecular weight is 425 g/mol. The van der Waals surface area contributed by atoms with E-state index in [9.17, 15) is 9.59 Å². The zero-order valence-electron chi connectivity index (χ0n) is 16.6. The highest BCUT2D eigenvalue weighted by molar-refractivity contribution is 7.99. The molecule has 0 aliphatic heterocycles. The molecule has 0 atom stereocenters. The SMILES string of the molecule is Cc1occc1-c1nnc(SCC(=O)Nc2c(C)n(C)n(-c3ccccc3)c2=O)o1. The van der Waals surface area contributed by atoms with E-state index in [1.54, 1.807) is 37.9 Å². The fraction of sp³-hybridized carbons (Fsp3) is 0.200. The normalized spacial score (nSPS) is 11.0. The van der Waals surface area contributed by atoms with Crippen molar-refractivity contribution < 1.29 is 13.6 Å². The van der Waals surface area contributed by atoms with Gasteiger partial charge in [0.05, 0.1) is 29.0 Å². The van der Waals surface area contributed by atoms with Crippen LogP contribution >= 0.6 is 11.8 Å². The molecule has 0 aliphatic carbocycles.